The Morgan fingerprint density at radius 2 is 2.44 bits per heavy atom. The molecule has 9 heavy (non-hydrogen) atoms. The Morgan fingerprint density at radius 1 is 1.78 bits per heavy atom. The van der Waals surface area contributed by atoms with Gasteiger partial charge in [0.05, 0.1) is 6.61 Å². The zero-order valence-corrected chi connectivity index (χ0v) is 5.97. The lowest BCUT2D eigenvalue weighted by atomic mass is 10.4. The molecule has 0 aliphatic carbocycles. The maximum atomic E-state index is 8.16. The van der Waals surface area contributed by atoms with E-state index in [1.54, 1.807) is 6.08 Å². The van der Waals surface area contributed by atoms with Crippen molar-refractivity contribution in [2.24, 2.45) is 5.73 Å². The first-order chi connectivity index (χ1) is 4.31. The van der Waals surface area contributed by atoms with Crippen LogP contribution in [0.25, 0.3) is 0 Å². The second-order valence-corrected chi connectivity index (χ2v) is 1.80. The summed E-state index contributed by atoms with van der Waals surface area (Å²) in [7, 11) is 0. The Balaban J connectivity index is 3.25. The lowest BCUT2D eigenvalue weighted by molar-refractivity contribution is 0.00969. The van der Waals surface area contributed by atoms with Crippen molar-refractivity contribution in [2.75, 3.05) is 19.2 Å². The summed E-state index contributed by atoms with van der Waals surface area (Å²) >= 11 is 3.91. The van der Waals surface area contributed by atoms with Gasteiger partial charge in [-0.2, -0.15) is 12.6 Å². The van der Waals surface area contributed by atoms with Gasteiger partial charge >= 0.3 is 0 Å². The molecular weight excluding hydrogens is 138 g/mol. The maximum absolute atomic E-state index is 8.16. The van der Waals surface area contributed by atoms with Crippen LogP contribution in [0.15, 0.2) is 11.8 Å². The third-order valence-electron chi connectivity index (χ3n) is 0.713. The van der Waals surface area contributed by atoms with Crippen LogP contribution in [0.3, 0.4) is 0 Å². The maximum Gasteiger partial charge on any atom is 0.144 e. The minimum absolute atomic E-state index is 0.275. The summed E-state index contributed by atoms with van der Waals surface area (Å²) in [6.07, 6.45) is 1.72. The van der Waals surface area contributed by atoms with Gasteiger partial charge in [-0.05, 0) is 0 Å². The van der Waals surface area contributed by atoms with E-state index in [4.69, 9.17) is 10.8 Å². The summed E-state index contributed by atoms with van der Waals surface area (Å²) in [5.74, 6) is 0.598. The summed E-state index contributed by atoms with van der Waals surface area (Å²) in [5, 5.41) is 8.16. The van der Waals surface area contributed by atoms with Crippen LogP contribution in [-0.4, -0.2) is 24.3 Å². The van der Waals surface area contributed by atoms with Gasteiger partial charge in [0, 0.05) is 11.4 Å². The van der Waals surface area contributed by atoms with E-state index in [1.807, 2.05) is 0 Å². The number of thiol groups is 1. The molecule has 0 aliphatic heterocycles. The molecule has 0 heterocycles. The second kappa shape index (κ2) is 5.94. The van der Waals surface area contributed by atoms with Gasteiger partial charge in [0.15, 0.2) is 0 Å². The van der Waals surface area contributed by atoms with Crippen LogP contribution in [0, 0.1) is 0 Å². The number of nitrogens with two attached hydrogens (primary N) is 1. The number of hydrogen-bond donors (Lipinski definition) is 3. The first kappa shape index (κ1) is 8.81. The molecule has 0 aliphatic rings. The Bertz CT molecular complexity index is 95.0. The van der Waals surface area contributed by atoms with Crippen molar-refractivity contribution >= 4 is 12.6 Å². The van der Waals surface area contributed by atoms with E-state index in [-0.39, 0.29) is 13.4 Å². The van der Waals surface area contributed by atoms with E-state index >= 15 is 0 Å². The SMILES string of the molecule is N/C(=C\CS)COCO. The van der Waals surface area contributed by atoms with Gasteiger partial charge in [0.2, 0.25) is 0 Å². The monoisotopic (exact) mass is 149 g/mol. The lowest BCUT2D eigenvalue weighted by Gasteiger charge is -1.98. The molecule has 0 saturated carbocycles. The van der Waals surface area contributed by atoms with Crippen LogP contribution < -0.4 is 5.73 Å². The number of aliphatic hydroxyl groups is 1. The van der Waals surface area contributed by atoms with Gasteiger partial charge in [-0.25, -0.2) is 0 Å². The molecule has 0 rings (SSSR count). The smallest absolute Gasteiger partial charge is 0.144 e. The zero-order valence-electron chi connectivity index (χ0n) is 5.08. The zero-order chi connectivity index (χ0) is 7.11. The van der Waals surface area contributed by atoms with Crippen LogP contribution in [-0.2, 0) is 4.74 Å². The quantitative estimate of drug-likeness (QED) is 0.381. The van der Waals surface area contributed by atoms with E-state index in [9.17, 15) is 0 Å². The van der Waals surface area contributed by atoms with Crippen molar-refractivity contribution in [3.8, 4) is 0 Å². The number of rotatable bonds is 4. The predicted molar refractivity (Wildman–Crippen MR) is 39.2 cm³/mol. The summed E-state index contributed by atoms with van der Waals surface area (Å²) in [6, 6.07) is 0. The third kappa shape index (κ3) is 5.68. The Hall–Kier alpha value is -0.190. The Kier molecular flexibility index (Phi) is 5.81. The third-order valence-corrected chi connectivity index (χ3v) is 0.896. The highest BCUT2D eigenvalue weighted by molar-refractivity contribution is 7.80. The molecule has 4 heteroatoms. The average Bonchev–Trinajstić information content (AvgIpc) is 1.85. The summed E-state index contributed by atoms with van der Waals surface area (Å²) < 4.78 is 4.58. The van der Waals surface area contributed by atoms with Crippen molar-refractivity contribution in [1.29, 1.82) is 0 Å². The molecule has 0 bridgehead atoms. The molecule has 3 N–H and O–H groups in total. The number of hydrogen-bond acceptors (Lipinski definition) is 4. The lowest BCUT2D eigenvalue weighted by Crippen LogP contribution is -2.07. The largest absolute Gasteiger partial charge is 0.400 e. The average molecular weight is 149 g/mol. The molecule has 0 amide bonds. The van der Waals surface area contributed by atoms with Crippen LogP contribution in [0.1, 0.15) is 0 Å². The normalized spacial score (nSPS) is 12.0. The summed E-state index contributed by atoms with van der Waals surface area (Å²) in [6.45, 7) is -0.0157. The fourth-order valence-corrected chi connectivity index (χ4v) is 0.574. The van der Waals surface area contributed by atoms with Crippen LogP contribution in [0.2, 0.25) is 0 Å². The molecule has 0 radical (unpaired) electrons. The molecule has 0 spiro atoms. The molecule has 0 aromatic heterocycles. The van der Waals surface area contributed by atoms with Crippen LogP contribution in [0.5, 0.6) is 0 Å². The van der Waals surface area contributed by atoms with Crippen molar-refractivity contribution in [2.45, 2.75) is 0 Å². The Labute approximate surface area is 59.9 Å². The molecule has 0 saturated heterocycles. The molecule has 54 valence electrons. The first-order valence-corrected chi connectivity index (χ1v) is 3.18. The molecule has 0 fully saturated rings. The van der Waals surface area contributed by atoms with Gasteiger partial charge in [0.1, 0.15) is 6.79 Å². The highest BCUT2D eigenvalue weighted by Crippen LogP contribution is 1.86. The van der Waals surface area contributed by atoms with Crippen molar-refractivity contribution < 1.29 is 9.84 Å². The van der Waals surface area contributed by atoms with Crippen LogP contribution >= 0.6 is 12.6 Å². The predicted octanol–water partition coefficient (Wildman–Crippen LogP) is -0.275. The van der Waals surface area contributed by atoms with Crippen molar-refractivity contribution in [1.82, 2.24) is 0 Å². The number of ether oxygens (including phenoxy) is 1. The fourth-order valence-electron chi connectivity index (χ4n) is 0.340. The summed E-state index contributed by atoms with van der Waals surface area (Å²) in [5.41, 5.74) is 5.94. The van der Waals surface area contributed by atoms with Gasteiger partial charge in [0.25, 0.3) is 0 Å². The second-order valence-electron chi connectivity index (χ2n) is 1.44. The first-order valence-electron chi connectivity index (χ1n) is 2.55. The van der Waals surface area contributed by atoms with Crippen molar-refractivity contribution in [3.63, 3.8) is 0 Å². The molecule has 0 aromatic rings. The minimum Gasteiger partial charge on any atom is -0.400 e. The number of aliphatic hydroxyl groups excluding tert-OH is 1. The van der Waals surface area contributed by atoms with E-state index in [1.165, 1.54) is 0 Å². The summed E-state index contributed by atoms with van der Waals surface area (Å²) in [4.78, 5) is 0. The topological polar surface area (TPSA) is 55.5 Å². The highest BCUT2D eigenvalue weighted by atomic mass is 32.1. The van der Waals surface area contributed by atoms with Crippen molar-refractivity contribution in [3.05, 3.63) is 11.8 Å². The molecule has 3 nitrogen and oxygen atoms in total. The van der Waals surface area contributed by atoms with Gasteiger partial charge in [-0.3, -0.25) is 0 Å². The van der Waals surface area contributed by atoms with Crippen LogP contribution in [0.4, 0.5) is 0 Å². The highest BCUT2D eigenvalue weighted by Gasteiger charge is 1.86. The minimum atomic E-state index is -0.291. The molecule has 0 aromatic carbocycles. The Morgan fingerprint density at radius 3 is 2.89 bits per heavy atom. The van der Waals surface area contributed by atoms with Gasteiger partial charge in [-0.15, -0.1) is 0 Å². The molecule has 0 atom stereocenters. The molecular formula is C5H11NO2S. The van der Waals surface area contributed by atoms with E-state index in [0.717, 1.165) is 0 Å². The fraction of sp³-hybridized carbons (Fsp3) is 0.600. The van der Waals surface area contributed by atoms with Gasteiger partial charge in [-0.1, -0.05) is 6.08 Å². The van der Waals surface area contributed by atoms with Gasteiger partial charge < -0.3 is 15.6 Å². The standard InChI is InChI=1S/C5H11NO2S/c6-5(1-2-9)3-8-4-7/h1,7,9H,2-4,6H2/b5-1-. The van der Waals surface area contributed by atoms with E-state index < -0.39 is 0 Å². The van der Waals surface area contributed by atoms with E-state index in [2.05, 4.69) is 17.4 Å². The molecule has 0 unspecified atom stereocenters. The van der Waals surface area contributed by atoms with E-state index in [0.29, 0.717) is 11.4 Å².